The molecule has 0 fully saturated rings. The molecule has 0 saturated heterocycles. The summed E-state index contributed by atoms with van der Waals surface area (Å²) in [4.78, 5) is 8.34. The van der Waals surface area contributed by atoms with Crippen molar-refractivity contribution in [3.63, 3.8) is 0 Å². The van der Waals surface area contributed by atoms with Crippen LogP contribution in [-0.4, -0.2) is 24.6 Å². The topological polar surface area (TPSA) is 59.9 Å². The van der Waals surface area contributed by atoms with Crippen molar-refractivity contribution in [2.45, 2.75) is 4.90 Å². The smallest absolute Gasteiger partial charge is 0.175 e. The van der Waals surface area contributed by atoms with E-state index in [9.17, 15) is 8.42 Å². The average Bonchev–Trinajstić information content (AvgIpc) is 2.16. The number of nitrogens with zero attached hydrogens (tertiary/aromatic N) is 2. The number of hydrogen-bond acceptors (Lipinski definition) is 4. The highest BCUT2D eigenvalue weighted by molar-refractivity contribution is 7.90. The Labute approximate surface area is 81.5 Å². The first-order chi connectivity index (χ1) is 6.57. The molecule has 1 aromatic heterocycles. The molecule has 14 heavy (non-hydrogen) atoms. The SMILES string of the molecule is CS(=O)(=O)c1ccc2nccnc2c1. The Morgan fingerprint density at radius 3 is 2.36 bits per heavy atom. The zero-order chi connectivity index (χ0) is 10.2. The van der Waals surface area contributed by atoms with E-state index in [1.165, 1.54) is 24.6 Å². The highest BCUT2D eigenvalue weighted by atomic mass is 32.2. The van der Waals surface area contributed by atoms with Gasteiger partial charge in [-0.1, -0.05) is 0 Å². The second-order valence-corrected chi connectivity index (χ2v) is 4.99. The molecule has 5 heteroatoms. The van der Waals surface area contributed by atoms with Gasteiger partial charge < -0.3 is 0 Å². The van der Waals surface area contributed by atoms with Gasteiger partial charge in [0.2, 0.25) is 0 Å². The molecular formula is C9H8N2O2S. The molecule has 72 valence electrons. The van der Waals surface area contributed by atoms with Crippen LogP contribution in [0.2, 0.25) is 0 Å². The number of fused-ring (bicyclic) bond motifs is 1. The standard InChI is InChI=1S/C9H8N2O2S/c1-14(12,13)7-2-3-8-9(6-7)11-5-4-10-8/h2-6H,1H3. The van der Waals surface area contributed by atoms with Crippen molar-refractivity contribution in [3.05, 3.63) is 30.6 Å². The first-order valence-corrected chi connectivity index (χ1v) is 5.87. The molecule has 0 bridgehead atoms. The Kier molecular flexibility index (Phi) is 1.96. The molecule has 2 aromatic rings. The summed E-state index contributed by atoms with van der Waals surface area (Å²) in [5.41, 5.74) is 1.29. The molecule has 0 spiro atoms. The molecule has 0 aliphatic heterocycles. The van der Waals surface area contributed by atoms with Crippen LogP contribution in [0.4, 0.5) is 0 Å². The summed E-state index contributed by atoms with van der Waals surface area (Å²) in [5.74, 6) is 0. The largest absolute Gasteiger partial charge is 0.253 e. The monoisotopic (exact) mass is 208 g/mol. The van der Waals surface area contributed by atoms with Gasteiger partial charge in [0.05, 0.1) is 15.9 Å². The molecule has 0 atom stereocenters. The first-order valence-electron chi connectivity index (χ1n) is 3.98. The Bertz CT molecular complexity index is 578. The van der Waals surface area contributed by atoms with Crippen molar-refractivity contribution >= 4 is 20.9 Å². The van der Waals surface area contributed by atoms with Crippen LogP contribution in [0.1, 0.15) is 0 Å². The summed E-state index contributed by atoms with van der Waals surface area (Å²) in [6.45, 7) is 0. The normalized spacial score (nSPS) is 11.8. The summed E-state index contributed by atoms with van der Waals surface area (Å²) in [6, 6.07) is 4.71. The van der Waals surface area contributed by atoms with Crippen LogP contribution in [-0.2, 0) is 9.84 Å². The van der Waals surface area contributed by atoms with Crippen molar-refractivity contribution in [3.8, 4) is 0 Å². The maximum atomic E-state index is 11.2. The van der Waals surface area contributed by atoms with Gasteiger partial charge in [-0.25, -0.2) is 8.42 Å². The quantitative estimate of drug-likeness (QED) is 0.702. The summed E-state index contributed by atoms with van der Waals surface area (Å²) in [6.07, 6.45) is 4.28. The fourth-order valence-electron chi connectivity index (χ4n) is 1.17. The third-order valence-corrected chi connectivity index (χ3v) is 2.98. The van der Waals surface area contributed by atoms with Gasteiger partial charge in [-0.05, 0) is 18.2 Å². The van der Waals surface area contributed by atoms with Crippen molar-refractivity contribution in [1.82, 2.24) is 9.97 Å². The summed E-state index contributed by atoms with van der Waals surface area (Å²) in [5, 5.41) is 0. The number of aromatic nitrogens is 2. The molecule has 0 radical (unpaired) electrons. The van der Waals surface area contributed by atoms with E-state index >= 15 is 0 Å². The van der Waals surface area contributed by atoms with Crippen molar-refractivity contribution in [2.24, 2.45) is 0 Å². The van der Waals surface area contributed by atoms with Gasteiger partial charge in [0, 0.05) is 18.6 Å². The van der Waals surface area contributed by atoms with Crippen molar-refractivity contribution < 1.29 is 8.42 Å². The highest BCUT2D eigenvalue weighted by Gasteiger charge is 2.07. The Morgan fingerprint density at radius 2 is 1.71 bits per heavy atom. The molecule has 2 rings (SSSR count). The third kappa shape index (κ3) is 1.58. The van der Waals surface area contributed by atoms with Crippen LogP contribution in [0.25, 0.3) is 11.0 Å². The van der Waals surface area contributed by atoms with Crippen LogP contribution in [0.3, 0.4) is 0 Å². The van der Waals surface area contributed by atoms with E-state index in [4.69, 9.17) is 0 Å². The van der Waals surface area contributed by atoms with Gasteiger partial charge >= 0.3 is 0 Å². The van der Waals surface area contributed by atoms with Crippen molar-refractivity contribution in [2.75, 3.05) is 6.26 Å². The molecule has 1 aromatic carbocycles. The van der Waals surface area contributed by atoms with E-state index in [1.54, 1.807) is 12.3 Å². The zero-order valence-electron chi connectivity index (χ0n) is 7.51. The fourth-order valence-corrected chi connectivity index (χ4v) is 1.81. The second kappa shape index (κ2) is 3.02. The minimum Gasteiger partial charge on any atom is -0.253 e. The Balaban J connectivity index is 2.75. The maximum absolute atomic E-state index is 11.2. The molecular weight excluding hydrogens is 200 g/mol. The Hall–Kier alpha value is -1.49. The van der Waals surface area contributed by atoms with E-state index in [1.807, 2.05) is 0 Å². The molecule has 0 aliphatic carbocycles. The lowest BCUT2D eigenvalue weighted by Gasteiger charge is -1.99. The minimum atomic E-state index is -3.16. The van der Waals surface area contributed by atoms with Crippen LogP contribution >= 0.6 is 0 Å². The van der Waals surface area contributed by atoms with Crippen LogP contribution in [0.15, 0.2) is 35.5 Å². The molecule has 0 saturated carbocycles. The zero-order valence-corrected chi connectivity index (χ0v) is 8.32. The second-order valence-electron chi connectivity index (χ2n) is 2.98. The number of rotatable bonds is 1. The van der Waals surface area contributed by atoms with E-state index in [0.29, 0.717) is 11.0 Å². The number of benzene rings is 1. The number of sulfone groups is 1. The van der Waals surface area contributed by atoms with Crippen LogP contribution in [0.5, 0.6) is 0 Å². The van der Waals surface area contributed by atoms with Gasteiger partial charge in [-0.2, -0.15) is 0 Å². The van der Waals surface area contributed by atoms with Gasteiger partial charge in [-0.3, -0.25) is 9.97 Å². The van der Waals surface area contributed by atoms with E-state index in [-0.39, 0.29) is 4.90 Å². The highest BCUT2D eigenvalue weighted by Crippen LogP contribution is 2.14. The fraction of sp³-hybridized carbons (Fsp3) is 0.111. The van der Waals surface area contributed by atoms with E-state index in [0.717, 1.165) is 0 Å². The summed E-state index contributed by atoms with van der Waals surface area (Å²) in [7, 11) is -3.16. The first kappa shape index (κ1) is 9.08. The molecule has 1 heterocycles. The molecule has 0 unspecified atom stereocenters. The molecule has 4 nitrogen and oxygen atoms in total. The van der Waals surface area contributed by atoms with Crippen molar-refractivity contribution in [1.29, 1.82) is 0 Å². The predicted octanol–water partition coefficient (Wildman–Crippen LogP) is 1.03. The average molecular weight is 208 g/mol. The van der Waals surface area contributed by atoms with E-state index in [2.05, 4.69) is 9.97 Å². The lowest BCUT2D eigenvalue weighted by Crippen LogP contribution is -1.97. The van der Waals surface area contributed by atoms with Crippen LogP contribution < -0.4 is 0 Å². The maximum Gasteiger partial charge on any atom is 0.175 e. The Morgan fingerprint density at radius 1 is 1.07 bits per heavy atom. The van der Waals surface area contributed by atoms with E-state index < -0.39 is 9.84 Å². The third-order valence-electron chi connectivity index (χ3n) is 1.87. The van der Waals surface area contributed by atoms with Gasteiger partial charge in [0.25, 0.3) is 0 Å². The van der Waals surface area contributed by atoms with Gasteiger partial charge in [-0.15, -0.1) is 0 Å². The minimum absolute atomic E-state index is 0.269. The van der Waals surface area contributed by atoms with Gasteiger partial charge in [0.15, 0.2) is 9.84 Å². The molecule has 0 aliphatic rings. The molecule has 0 amide bonds. The molecule has 0 N–H and O–H groups in total. The summed E-state index contributed by atoms with van der Waals surface area (Å²) >= 11 is 0. The predicted molar refractivity (Wildman–Crippen MR) is 52.6 cm³/mol. The lowest BCUT2D eigenvalue weighted by atomic mass is 10.3. The number of hydrogen-bond donors (Lipinski definition) is 0. The van der Waals surface area contributed by atoms with Crippen LogP contribution in [0, 0.1) is 0 Å². The lowest BCUT2D eigenvalue weighted by molar-refractivity contribution is 0.602. The van der Waals surface area contributed by atoms with Gasteiger partial charge in [0.1, 0.15) is 0 Å². The summed E-state index contributed by atoms with van der Waals surface area (Å²) < 4.78 is 22.5.